The van der Waals surface area contributed by atoms with Gasteiger partial charge in [0.05, 0.1) is 6.54 Å². The number of alkyl halides is 5. The molecule has 0 atom stereocenters. The molecular weight excluding hydrogens is 375 g/mol. The summed E-state index contributed by atoms with van der Waals surface area (Å²) in [6.45, 7) is -0.797. The second-order valence-corrected chi connectivity index (χ2v) is 5.07. The van der Waals surface area contributed by atoms with Gasteiger partial charge in [0.2, 0.25) is 5.88 Å². The first-order valence-electron chi connectivity index (χ1n) is 7.50. The fourth-order valence-electron chi connectivity index (χ4n) is 1.91. The van der Waals surface area contributed by atoms with Crippen molar-refractivity contribution in [2.45, 2.75) is 19.3 Å². The monoisotopic (exact) mass is 390 g/mol. The summed E-state index contributed by atoms with van der Waals surface area (Å²) in [5.41, 5.74) is 6.53. The third-order valence-corrected chi connectivity index (χ3v) is 2.98. The van der Waals surface area contributed by atoms with Crippen molar-refractivity contribution in [3.63, 3.8) is 0 Å². The van der Waals surface area contributed by atoms with Gasteiger partial charge in [0.1, 0.15) is 5.75 Å². The van der Waals surface area contributed by atoms with Gasteiger partial charge < -0.3 is 20.5 Å². The summed E-state index contributed by atoms with van der Waals surface area (Å²) in [7, 11) is 0. The Labute approximate surface area is 150 Å². The molecule has 0 saturated carbocycles. The summed E-state index contributed by atoms with van der Waals surface area (Å²) in [5, 5.41) is 2.68. The summed E-state index contributed by atoms with van der Waals surface area (Å²) in [6, 6.07) is 8.05. The van der Waals surface area contributed by atoms with E-state index in [2.05, 4.69) is 20.0 Å². The van der Waals surface area contributed by atoms with Crippen LogP contribution in [-0.4, -0.2) is 30.3 Å². The van der Waals surface area contributed by atoms with Gasteiger partial charge in [-0.25, -0.2) is 18.8 Å². The van der Waals surface area contributed by atoms with Gasteiger partial charge in [-0.15, -0.1) is 13.2 Å². The molecule has 2 aromatic rings. The van der Waals surface area contributed by atoms with Crippen molar-refractivity contribution in [3.05, 3.63) is 48.2 Å². The molecule has 0 unspecified atom stereocenters. The Bertz CT molecular complexity index is 766. The van der Waals surface area contributed by atoms with Crippen LogP contribution < -0.4 is 20.5 Å². The molecule has 146 valence electrons. The molecule has 1 heterocycles. The van der Waals surface area contributed by atoms with E-state index in [1.54, 1.807) is 12.1 Å². The van der Waals surface area contributed by atoms with Gasteiger partial charge in [-0.1, -0.05) is 6.07 Å². The maximum absolute atomic E-state index is 12.2. The number of nitrogens with one attached hydrogen (secondary N) is 1. The maximum Gasteiger partial charge on any atom is 0.573 e. The standard InChI is InChI=1S/C16H15F5N4O2/c17-13(18)9-26-14-10(2-1-7-23-14)8-24-15(22)25-11-3-5-12(6-4-11)27-16(19,20)21/h1-7,13H,8-9H2,(H3,22,24,25). The highest BCUT2D eigenvalue weighted by molar-refractivity contribution is 5.92. The molecule has 11 heteroatoms. The maximum atomic E-state index is 12.2. The lowest BCUT2D eigenvalue weighted by Gasteiger charge is -2.11. The third kappa shape index (κ3) is 7.34. The van der Waals surface area contributed by atoms with E-state index in [0.717, 1.165) is 12.1 Å². The number of nitrogens with zero attached hydrogens (tertiary/aromatic N) is 2. The van der Waals surface area contributed by atoms with Crippen molar-refractivity contribution in [2.24, 2.45) is 10.7 Å². The average molecular weight is 390 g/mol. The fourth-order valence-corrected chi connectivity index (χ4v) is 1.91. The fraction of sp³-hybridized carbons (Fsp3) is 0.250. The van der Waals surface area contributed by atoms with Crippen molar-refractivity contribution in [1.82, 2.24) is 4.98 Å². The molecule has 0 fully saturated rings. The topological polar surface area (TPSA) is 81.8 Å². The largest absolute Gasteiger partial charge is 0.573 e. The third-order valence-electron chi connectivity index (χ3n) is 2.98. The normalized spacial score (nSPS) is 12.1. The highest BCUT2D eigenvalue weighted by atomic mass is 19.4. The first-order valence-corrected chi connectivity index (χ1v) is 7.50. The van der Waals surface area contributed by atoms with Crippen molar-refractivity contribution in [3.8, 4) is 11.6 Å². The molecule has 0 aliphatic heterocycles. The van der Waals surface area contributed by atoms with Crippen LogP contribution >= 0.6 is 0 Å². The van der Waals surface area contributed by atoms with E-state index in [1.807, 2.05) is 0 Å². The minimum atomic E-state index is -4.77. The van der Waals surface area contributed by atoms with Gasteiger partial charge in [0, 0.05) is 17.4 Å². The Morgan fingerprint density at radius 2 is 1.89 bits per heavy atom. The second-order valence-electron chi connectivity index (χ2n) is 5.07. The number of benzene rings is 1. The molecule has 3 N–H and O–H groups in total. The molecule has 0 bridgehead atoms. The van der Waals surface area contributed by atoms with E-state index < -0.39 is 19.4 Å². The molecule has 1 aromatic carbocycles. The zero-order chi connectivity index (χ0) is 19.9. The molecule has 0 aliphatic rings. The van der Waals surface area contributed by atoms with Gasteiger partial charge >= 0.3 is 6.36 Å². The molecule has 2 rings (SSSR count). The van der Waals surface area contributed by atoms with Crippen LogP contribution in [0.3, 0.4) is 0 Å². The Kier molecular flexibility index (Phi) is 6.74. The zero-order valence-corrected chi connectivity index (χ0v) is 13.7. The Hall–Kier alpha value is -3.11. The lowest BCUT2D eigenvalue weighted by molar-refractivity contribution is -0.274. The number of hydrogen-bond acceptors (Lipinski definition) is 4. The minimum Gasteiger partial charge on any atom is -0.471 e. The average Bonchev–Trinajstić information content (AvgIpc) is 2.59. The van der Waals surface area contributed by atoms with Crippen molar-refractivity contribution < 1.29 is 31.4 Å². The van der Waals surface area contributed by atoms with E-state index >= 15 is 0 Å². The van der Waals surface area contributed by atoms with E-state index in [4.69, 9.17) is 10.5 Å². The van der Waals surface area contributed by atoms with Crippen LogP contribution in [0.15, 0.2) is 47.6 Å². The van der Waals surface area contributed by atoms with E-state index in [-0.39, 0.29) is 24.1 Å². The number of rotatable bonds is 7. The number of ether oxygens (including phenoxy) is 2. The number of halogens is 5. The van der Waals surface area contributed by atoms with E-state index in [9.17, 15) is 22.0 Å². The molecular formula is C16H15F5N4O2. The molecule has 0 aliphatic carbocycles. The number of aliphatic imine (C=N–C) groups is 1. The van der Waals surface area contributed by atoms with Crippen LogP contribution in [0.1, 0.15) is 5.56 Å². The number of aromatic nitrogens is 1. The molecule has 0 saturated heterocycles. The highest BCUT2D eigenvalue weighted by Gasteiger charge is 2.30. The van der Waals surface area contributed by atoms with E-state index in [1.165, 1.54) is 18.3 Å². The number of pyridine rings is 1. The predicted molar refractivity (Wildman–Crippen MR) is 87.8 cm³/mol. The first kappa shape index (κ1) is 20.2. The molecule has 0 spiro atoms. The van der Waals surface area contributed by atoms with E-state index in [0.29, 0.717) is 11.3 Å². The molecule has 0 amide bonds. The Morgan fingerprint density at radius 1 is 1.19 bits per heavy atom. The van der Waals surface area contributed by atoms with Crippen molar-refractivity contribution in [2.75, 3.05) is 11.9 Å². The highest BCUT2D eigenvalue weighted by Crippen LogP contribution is 2.24. The van der Waals surface area contributed by atoms with Crippen molar-refractivity contribution >= 4 is 11.6 Å². The molecule has 1 aromatic heterocycles. The summed E-state index contributed by atoms with van der Waals surface area (Å²) in [5.74, 6) is -0.397. The molecule has 27 heavy (non-hydrogen) atoms. The van der Waals surface area contributed by atoms with Gasteiger partial charge in [0.25, 0.3) is 6.43 Å². The van der Waals surface area contributed by atoms with Gasteiger partial charge in [-0.3, -0.25) is 0 Å². The lowest BCUT2D eigenvalue weighted by atomic mass is 10.3. The summed E-state index contributed by atoms with van der Waals surface area (Å²) >= 11 is 0. The first-order chi connectivity index (χ1) is 12.7. The van der Waals surface area contributed by atoms with Crippen LogP contribution in [0.5, 0.6) is 11.6 Å². The van der Waals surface area contributed by atoms with Crippen LogP contribution in [0, 0.1) is 0 Å². The van der Waals surface area contributed by atoms with Gasteiger partial charge in [-0.2, -0.15) is 0 Å². The number of hydrogen-bond donors (Lipinski definition) is 2. The van der Waals surface area contributed by atoms with Crippen LogP contribution in [0.25, 0.3) is 0 Å². The van der Waals surface area contributed by atoms with Crippen LogP contribution in [0.2, 0.25) is 0 Å². The van der Waals surface area contributed by atoms with Gasteiger partial charge in [-0.05, 0) is 30.3 Å². The minimum absolute atomic E-state index is 0.000509. The number of nitrogens with two attached hydrogens (primary N) is 1. The van der Waals surface area contributed by atoms with Crippen LogP contribution in [0.4, 0.5) is 27.6 Å². The second kappa shape index (κ2) is 9.01. The predicted octanol–water partition coefficient (Wildman–Crippen LogP) is 3.55. The van der Waals surface area contributed by atoms with Gasteiger partial charge in [0.15, 0.2) is 12.6 Å². The summed E-state index contributed by atoms with van der Waals surface area (Å²) in [4.78, 5) is 7.88. The molecule has 0 radical (unpaired) electrons. The summed E-state index contributed by atoms with van der Waals surface area (Å²) < 4.78 is 69.5. The molecule has 6 nitrogen and oxygen atoms in total. The zero-order valence-electron chi connectivity index (χ0n) is 13.7. The van der Waals surface area contributed by atoms with Crippen LogP contribution in [-0.2, 0) is 6.54 Å². The Balaban J connectivity index is 1.96. The number of anilines is 1. The number of guanidine groups is 1. The lowest BCUT2D eigenvalue weighted by Crippen LogP contribution is -2.22. The SMILES string of the molecule is NC(=NCc1cccnc1OCC(F)F)Nc1ccc(OC(F)(F)F)cc1. The summed E-state index contributed by atoms with van der Waals surface area (Å²) in [6.07, 6.45) is -6.02. The smallest absolute Gasteiger partial charge is 0.471 e. The quantitative estimate of drug-likeness (QED) is 0.429. The van der Waals surface area contributed by atoms with Crippen molar-refractivity contribution in [1.29, 1.82) is 0 Å². The Morgan fingerprint density at radius 3 is 2.52 bits per heavy atom.